The van der Waals surface area contributed by atoms with Crippen LogP contribution in [0.1, 0.15) is 61.4 Å². The Bertz CT molecular complexity index is 2130. The number of amides is 1. The van der Waals surface area contributed by atoms with Crippen LogP contribution < -0.4 is 19.5 Å². The van der Waals surface area contributed by atoms with E-state index < -0.39 is 36.7 Å². The number of phenolic OH excluding ortho intramolecular Hbond substituents is 2. The molecule has 1 amide bonds. The summed E-state index contributed by atoms with van der Waals surface area (Å²) in [7, 11) is 6.57. The minimum absolute atomic E-state index is 0.000148. The summed E-state index contributed by atoms with van der Waals surface area (Å²) in [6.07, 6.45) is 0.691. The number of piperazine rings is 1. The molecule has 51 heavy (non-hydrogen) atoms. The molecule has 0 aliphatic carbocycles. The maximum atomic E-state index is 14.0. The number of hydrogen-bond acceptors (Lipinski definition) is 11. The van der Waals surface area contributed by atoms with Crippen LogP contribution in [-0.2, 0) is 19.4 Å². The number of nitriles is 1. The number of ether oxygens (including phenoxy) is 3. The first kappa shape index (κ1) is 34.2. The highest BCUT2D eigenvalue weighted by atomic mass is 16.5. The molecule has 0 aromatic heterocycles. The van der Waals surface area contributed by atoms with E-state index in [0.717, 1.165) is 10.9 Å². The topological polar surface area (TPSA) is 168 Å². The Labute approximate surface area is 296 Å². The monoisotopic (exact) mass is 694 g/mol. The van der Waals surface area contributed by atoms with Gasteiger partial charge in [-0.15, -0.1) is 0 Å². The van der Waals surface area contributed by atoms with Crippen molar-refractivity contribution >= 4 is 16.7 Å². The number of rotatable bonds is 7. The van der Waals surface area contributed by atoms with Crippen LogP contribution in [0.5, 0.6) is 34.5 Å². The van der Waals surface area contributed by atoms with Crippen LogP contribution in [0.3, 0.4) is 0 Å². The first-order valence-electron chi connectivity index (χ1n) is 16.9. The molecule has 2 bridgehead atoms. The first-order chi connectivity index (χ1) is 24.5. The maximum Gasteiger partial charge on any atom is 0.255 e. The summed E-state index contributed by atoms with van der Waals surface area (Å²) in [6, 6.07) is 10.2. The van der Waals surface area contributed by atoms with E-state index in [0.29, 0.717) is 68.9 Å². The van der Waals surface area contributed by atoms with Crippen LogP contribution in [0.25, 0.3) is 10.8 Å². The van der Waals surface area contributed by atoms with Gasteiger partial charge in [0.2, 0.25) is 0 Å². The highest BCUT2D eigenvalue weighted by molar-refractivity contribution is 6.09. The average Bonchev–Trinajstić information content (AvgIpc) is 3.11. The Morgan fingerprint density at radius 2 is 1.55 bits per heavy atom. The Balaban J connectivity index is 1.43. The molecule has 1 saturated heterocycles. The summed E-state index contributed by atoms with van der Waals surface area (Å²) in [6.45, 7) is 3.09. The molecular formula is C39H42N4O8. The fourth-order valence-corrected chi connectivity index (χ4v) is 9.21. The zero-order valence-corrected chi connectivity index (χ0v) is 29.4. The maximum absolute atomic E-state index is 14.0. The first-order valence-corrected chi connectivity index (χ1v) is 16.9. The van der Waals surface area contributed by atoms with Crippen molar-refractivity contribution in [2.24, 2.45) is 0 Å². The summed E-state index contributed by atoms with van der Waals surface area (Å²) in [5, 5.41) is 60.4. The number of phenols is 3. The van der Waals surface area contributed by atoms with E-state index in [2.05, 4.69) is 16.3 Å². The number of aliphatic hydroxyl groups is 1. The second-order valence-electron chi connectivity index (χ2n) is 13.5. The number of nitrogens with zero attached hydrogens (tertiary/aromatic N) is 3. The largest absolute Gasteiger partial charge is 0.507 e. The molecule has 5 N–H and O–H groups in total. The number of aromatic hydroxyl groups is 3. The molecule has 266 valence electrons. The van der Waals surface area contributed by atoms with E-state index in [-0.39, 0.29) is 35.4 Å². The van der Waals surface area contributed by atoms with Gasteiger partial charge in [-0.05, 0) is 50.6 Å². The van der Waals surface area contributed by atoms with Crippen molar-refractivity contribution in [3.8, 4) is 40.6 Å². The van der Waals surface area contributed by atoms with Gasteiger partial charge in [0, 0.05) is 57.6 Å². The Morgan fingerprint density at radius 1 is 0.902 bits per heavy atom. The predicted octanol–water partition coefficient (Wildman–Crippen LogP) is 4.29. The molecule has 12 nitrogen and oxygen atoms in total. The third-order valence-electron chi connectivity index (χ3n) is 11.4. The standard InChI is InChI=1S/C39H42N4O8/c1-18-24(17-44)34(46)30-22(36(18)49-4)14-26-33-32-23(37(50-5)19(2)38(51-6)35(32)47)13-25(42(33)3)27(15-40)43(26)28(30)16-41-39(48)31-21-10-8-7-9-20(21)11-12-29(31)45/h7-12,25-28,33,44-47H,13-14,16-17H2,1-6H3,(H,41,48)/t25-,26-,27-,28-,33+/m0/s1. The van der Waals surface area contributed by atoms with E-state index >= 15 is 0 Å². The zero-order chi connectivity index (χ0) is 36.5. The van der Waals surface area contributed by atoms with Gasteiger partial charge in [-0.2, -0.15) is 5.26 Å². The molecule has 7 rings (SSSR count). The van der Waals surface area contributed by atoms with Crippen LogP contribution in [0.15, 0.2) is 36.4 Å². The number of methoxy groups -OCH3 is 3. The lowest BCUT2D eigenvalue weighted by atomic mass is 9.71. The Kier molecular flexibility index (Phi) is 8.62. The van der Waals surface area contributed by atoms with Crippen molar-refractivity contribution in [2.45, 2.75) is 63.5 Å². The lowest BCUT2D eigenvalue weighted by Crippen LogP contribution is -2.68. The molecular weight excluding hydrogens is 652 g/mol. The fraction of sp³-hybridized carbons (Fsp3) is 0.385. The van der Waals surface area contributed by atoms with E-state index in [1.807, 2.05) is 31.0 Å². The summed E-state index contributed by atoms with van der Waals surface area (Å²) in [5.74, 6) is 0.572. The fourth-order valence-electron chi connectivity index (χ4n) is 9.21. The smallest absolute Gasteiger partial charge is 0.255 e. The van der Waals surface area contributed by atoms with Gasteiger partial charge in [0.25, 0.3) is 5.91 Å². The normalized spacial score (nSPS) is 22.4. The van der Waals surface area contributed by atoms with Crippen LogP contribution in [0, 0.1) is 25.2 Å². The zero-order valence-electron chi connectivity index (χ0n) is 29.4. The highest BCUT2D eigenvalue weighted by Gasteiger charge is 2.57. The summed E-state index contributed by atoms with van der Waals surface area (Å²) >= 11 is 0. The lowest BCUT2D eigenvalue weighted by molar-refractivity contribution is -0.0724. The molecule has 4 aromatic carbocycles. The van der Waals surface area contributed by atoms with Crippen molar-refractivity contribution in [1.82, 2.24) is 15.1 Å². The van der Waals surface area contributed by atoms with E-state index in [1.165, 1.54) is 20.3 Å². The molecule has 4 aromatic rings. The predicted molar refractivity (Wildman–Crippen MR) is 189 cm³/mol. The number of hydrogen-bond donors (Lipinski definition) is 5. The van der Waals surface area contributed by atoms with Gasteiger partial charge in [-0.25, -0.2) is 0 Å². The van der Waals surface area contributed by atoms with Crippen molar-refractivity contribution in [3.05, 3.63) is 80.9 Å². The van der Waals surface area contributed by atoms with Gasteiger partial charge in [0.05, 0.1) is 51.7 Å². The van der Waals surface area contributed by atoms with Gasteiger partial charge >= 0.3 is 0 Å². The molecule has 0 unspecified atom stereocenters. The molecule has 3 heterocycles. The Hall–Kier alpha value is -5.22. The van der Waals surface area contributed by atoms with Gasteiger partial charge in [-0.3, -0.25) is 14.6 Å². The quantitative estimate of drug-likeness (QED) is 0.187. The van der Waals surface area contributed by atoms with Crippen LogP contribution in [0.4, 0.5) is 0 Å². The molecule has 3 aliphatic rings. The lowest BCUT2D eigenvalue weighted by Gasteiger charge is -2.60. The number of carbonyl (C=O) groups is 1. The molecule has 3 aliphatic heterocycles. The molecule has 0 saturated carbocycles. The second kappa shape index (κ2) is 12.8. The van der Waals surface area contributed by atoms with Gasteiger partial charge < -0.3 is 40.0 Å². The molecule has 0 radical (unpaired) electrons. The van der Waals surface area contributed by atoms with Crippen LogP contribution in [-0.4, -0.2) is 89.2 Å². The van der Waals surface area contributed by atoms with Gasteiger partial charge in [0.15, 0.2) is 11.5 Å². The van der Waals surface area contributed by atoms with Crippen molar-refractivity contribution < 1.29 is 39.4 Å². The van der Waals surface area contributed by atoms with Crippen molar-refractivity contribution in [2.75, 3.05) is 34.9 Å². The summed E-state index contributed by atoms with van der Waals surface area (Å²) < 4.78 is 17.6. The van der Waals surface area contributed by atoms with Crippen molar-refractivity contribution in [3.63, 3.8) is 0 Å². The van der Waals surface area contributed by atoms with E-state index in [9.17, 15) is 30.5 Å². The van der Waals surface area contributed by atoms with Gasteiger partial charge in [-0.1, -0.05) is 30.3 Å². The van der Waals surface area contributed by atoms with E-state index in [1.54, 1.807) is 32.2 Å². The number of likely N-dealkylation sites (N-methyl/N-ethyl adjacent to an activating group) is 1. The number of nitrogens with one attached hydrogen (secondary N) is 1. The molecule has 1 fully saturated rings. The molecule has 5 atom stereocenters. The minimum Gasteiger partial charge on any atom is -0.507 e. The van der Waals surface area contributed by atoms with E-state index in [4.69, 9.17) is 14.2 Å². The van der Waals surface area contributed by atoms with Gasteiger partial charge in [0.1, 0.15) is 29.0 Å². The number of benzene rings is 4. The SMILES string of the molecule is COc1c(C)c(OC)c2c(c1O)[C@H]1[C@@H]3Cc4c(OC)c(C)c(CO)c(O)c4[C@H](CNC(=O)c4c(O)ccc5ccccc45)N3[C@@H](C#N)[C@H](C2)N1C. The highest BCUT2D eigenvalue weighted by Crippen LogP contribution is 2.58. The molecule has 12 heteroatoms. The summed E-state index contributed by atoms with van der Waals surface area (Å²) in [5.41, 5.74) is 4.23. The molecule has 0 spiro atoms. The average molecular weight is 695 g/mol. The third kappa shape index (κ3) is 4.87. The summed E-state index contributed by atoms with van der Waals surface area (Å²) in [4.78, 5) is 18.2. The van der Waals surface area contributed by atoms with Crippen LogP contribution >= 0.6 is 0 Å². The van der Waals surface area contributed by atoms with Crippen molar-refractivity contribution in [1.29, 1.82) is 5.26 Å². The number of aliphatic hydroxyl groups excluding tert-OH is 1. The minimum atomic E-state index is -0.777. The number of fused-ring (bicyclic) bond motifs is 8. The second-order valence-corrected chi connectivity index (χ2v) is 13.5. The third-order valence-corrected chi connectivity index (χ3v) is 11.4. The van der Waals surface area contributed by atoms with Crippen LogP contribution in [0.2, 0.25) is 0 Å². The Morgan fingerprint density at radius 3 is 2.22 bits per heavy atom. The number of carbonyl (C=O) groups excluding carboxylic acids is 1.